The van der Waals surface area contributed by atoms with Gasteiger partial charge in [-0.15, -0.1) is 0 Å². The Kier molecular flexibility index (Phi) is 24.0. The maximum Gasteiger partial charge on any atom is 0.330 e. The number of phenolic OH excluding ortho intramolecular Hbond substituents is 3. The highest BCUT2D eigenvalue weighted by Crippen LogP contribution is 2.49. The second-order valence-electron chi connectivity index (χ2n) is 28.3. The third kappa shape index (κ3) is 17.1. The molecule has 37 nitrogen and oxygen atoms in total. The molecule has 109 heavy (non-hydrogen) atoms. The van der Waals surface area contributed by atoms with Crippen molar-refractivity contribution < 1.29 is 138 Å². The van der Waals surface area contributed by atoms with Gasteiger partial charge >= 0.3 is 5.97 Å². The maximum absolute atomic E-state index is 16.3. The Morgan fingerprint density at radius 3 is 1.87 bits per heavy atom. The summed E-state index contributed by atoms with van der Waals surface area (Å²) < 4.78 is 50.8. The molecule has 0 aliphatic carbocycles. The van der Waals surface area contributed by atoms with Crippen molar-refractivity contribution in [1.82, 2.24) is 37.2 Å². The van der Waals surface area contributed by atoms with Crippen LogP contribution in [0.15, 0.2) is 91.0 Å². The van der Waals surface area contributed by atoms with Gasteiger partial charge in [0, 0.05) is 34.7 Å². The van der Waals surface area contributed by atoms with E-state index in [1.807, 2.05) is 13.8 Å². The molecule has 8 aliphatic heterocycles. The van der Waals surface area contributed by atoms with Crippen molar-refractivity contribution in [2.45, 2.75) is 194 Å². The first-order chi connectivity index (χ1) is 51.5. The number of hydrogen-bond donors (Lipinski definition) is 21. The Bertz CT molecular complexity index is 4250. The number of carbonyl (C=O) groups is 8. The monoisotopic (exact) mass is 1530 g/mol. The summed E-state index contributed by atoms with van der Waals surface area (Å²) in [6.45, 7) is 6.89. The Labute approximate surface area is 620 Å². The molecule has 13 rings (SSSR count). The molecule has 0 radical (unpaired) electrons. The summed E-state index contributed by atoms with van der Waals surface area (Å²) in [6, 6.07) is 2.85. The largest absolute Gasteiger partial charge is 0.508 e. The van der Waals surface area contributed by atoms with Gasteiger partial charge in [-0.05, 0) is 117 Å². The number of rotatable bonds is 15. The van der Waals surface area contributed by atoms with Gasteiger partial charge in [-0.1, -0.05) is 44.2 Å². The Morgan fingerprint density at radius 1 is 0.651 bits per heavy atom. The van der Waals surface area contributed by atoms with E-state index in [4.69, 9.17) is 49.4 Å². The molecule has 5 aromatic carbocycles. The third-order valence-corrected chi connectivity index (χ3v) is 19.7. The van der Waals surface area contributed by atoms with Gasteiger partial charge in [0.05, 0.1) is 37.4 Å². The zero-order valence-corrected chi connectivity index (χ0v) is 59.3. The highest BCUT2D eigenvalue weighted by Gasteiger charge is 2.53. The van der Waals surface area contributed by atoms with Gasteiger partial charge in [0.25, 0.3) is 0 Å². The Morgan fingerprint density at radius 2 is 1.27 bits per heavy atom. The van der Waals surface area contributed by atoms with Gasteiger partial charge in [0.1, 0.15) is 108 Å². The second kappa shape index (κ2) is 32.7. The molecule has 11 bridgehead atoms. The minimum Gasteiger partial charge on any atom is -0.508 e. The van der Waals surface area contributed by atoms with E-state index >= 15 is 19.2 Å². The predicted molar refractivity (Wildman–Crippen MR) is 370 cm³/mol. The number of primary amides is 1. The fourth-order valence-electron chi connectivity index (χ4n) is 13.8. The van der Waals surface area contributed by atoms with E-state index < -0.39 is 257 Å². The summed E-state index contributed by atoms with van der Waals surface area (Å²) in [7, 11) is 1.48. The van der Waals surface area contributed by atoms with Gasteiger partial charge in [0.2, 0.25) is 53.4 Å². The standard InChI is InChI=1S/C72H87N9O28/c1-26(2)17-38(75-6)63(94)80-51-54(88)29-7-12-34(13-8-29)104-42-19-32-20-43(60(42)108-71-61(57(91)55(89)44(25-82)106-71)109-70-58(92)56(90)53(87)27(3)103-70)105-35-14-9-30(10-15-35)59(107-46-24-72(5,74)62(93)28(4)102-46)52-68(99)79-50(69(100)101)37-21-33(83)22-41(85)47(37)36-18-31(11-16-40(36)84)48(65(96)81-52)78-66(97)49(32)77-64(95)39(23-45(73)86)76-67(51)98/h7-16,18-22,26-28,38-39,44,46,48-59,61-62,70-71,75,82-85,87-93H,17,23-25,74H2,1-6H3,(H2,73,86)(H,76,98)(H,77,95)(H,78,97)(H,79,99)(H,80,94)(H,81,96)(H,100,101)/t27?,28?,38?,39-,44?,46?,48+,49+,50-,51+,52-,53?,54+,55?,56?,57?,58?,59+,61?,62?,70?,71?,72?/m0/s1. The van der Waals surface area contributed by atoms with Gasteiger partial charge in [-0.2, -0.15) is 0 Å². The lowest BCUT2D eigenvalue weighted by Gasteiger charge is -2.45. The SMILES string of the molecule is CNC(CC(C)C)C(=O)N[C@H]1C(=O)N[C@@H](CC(N)=O)C(=O)N[C@H]2C(=O)N[C@H]3C(=O)N[C@H](C(=O)N[C@H](C(=O)O)c4cc(O)cc(O)c4-c4cc3ccc4O)[C@H](OC3CC(C)(N)C(O)C(C)O3)c3ccc(cc3)Oc3cc2cc(c3OC2OC(CO)C(O)C(O)C2OC2OC(C)C(O)C(O)C2O)Oc2ccc(cc2)[C@H]1O. The summed E-state index contributed by atoms with van der Waals surface area (Å²) in [5.41, 5.74) is 8.43. The van der Waals surface area contributed by atoms with E-state index in [9.17, 15) is 80.5 Å². The number of aliphatic hydroxyl groups is 8. The Balaban J connectivity index is 1.17. The summed E-state index contributed by atoms with van der Waals surface area (Å²) in [4.78, 5) is 119. The minimum absolute atomic E-state index is 0.0567. The normalized spacial score (nSPS) is 32.4. The third-order valence-electron chi connectivity index (χ3n) is 19.7. The van der Waals surface area contributed by atoms with E-state index in [1.165, 1.54) is 76.3 Å². The number of fused-ring (bicyclic) bond motifs is 15. The first-order valence-corrected chi connectivity index (χ1v) is 34.8. The van der Waals surface area contributed by atoms with Crippen molar-refractivity contribution in [3.8, 4) is 57.1 Å². The van der Waals surface area contributed by atoms with E-state index in [-0.39, 0.29) is 46.9 Å². The number of phenols is 3. The van der Waals surface area contributed by atoms with Crippen molar-refractivity contribution in [1.29, 1.82) is 0 Å². The van der Waals surface area contributed by atoms with Gasteiger partial charge in [-0.3, -0.25) is 33.6 Å². The second-order valence-corrected chi connectivity index (χ2v) is 28.3. The fraction of sp³-hybridized carbons (Fsp3) is 0.472. The number of benzene rings is 5. The average molecular weight is 1530 g/mol. The molecule has 3 saturated heterocycles. The molecule has 3 fully saturated rings. The molecular formula is C72H87N9O28. The number of aliphatic hydroxyl groups excluding tert-OH is 8. The number of carboxylic acids is 1. The zero-order chi connectivity index (χ0) is 79.1. The molecule has 23 N–H and O–H groups in total. The molecule has 0 aromatic heterocycles. The van der Waals surface area contributed by atoms with E-state index in [0.29, 0.717) is 0 Å². The molecule has 37 heteroatoms. The van der Waals surface area contributed by atoms with Crippen LogP contribution in [0.5, 0.6) is 46.0 Å². The van der Waals surface area contributed by atoms with Crippen LogP contribution in [0, 0.1) is 5.92 Å². The van der Waals surface area contributed by atoms with Crippen molar-refractivity contribution in [3.05, 3.63) is 119 Å². The lowest BCUT2D eigenvalue weighted by Crippen LogP contribution is -2.64. The first-order valence-electron chi connectivity index (χ1n) is 34.8. The van der Waals surface area contributed by atoms with Crippen LogP contribution < -0.4 is 62.9 Å². The van der Waals surface area contributed by atoms with Crippen molar-refractivity contribution in [2.24, 2.45) is 17.4 Å². The van der Waals surface area contributed by atoms with Crippen LogP contribution in [0.3, 0.4) is 0 Å². The maximum atomic E-state index is 16.3. The van der Waals surface area contributed by atoms with Crippen molar-refractivity contribution >= 4 is 47.3 Å². The highest BCUT2D eigenvalue weighted by atomic mass is 16.8. The zero-order valence-electron chi connectivity index (χ0n) is 59.3. The van der Waals surface area contributed by atoms with Crippen LogP contribution in [0.25, 0.3) is 11.1 Å². The highest BCUT2D eigenvalue weighted by molar-refractivity contribution is 6.00. The van der Waals surface area contributed by atoms with E-state index in [1.54, 1.807) is 0 Å². The van der Waals surface area contributed by atoms with Gasteiger partial charge < -0.3 is 148 Å². The van der Waals surface area contributed by atoms with Crippen molar-refractivity contribution in [2.75, 3.05) is 13.7 Å². The topological polar surface area (TPSA) is 589 Å². The summed E-state index contributed by atoms with van der Waals surface area (Å²) in [6.07, 6.45) is -27.9. The van der Waals surface area contributed by atoms with E-state index in [2.05, 4.69) is 37.2 Å². The van der Waals surface area contributed by atoms with Crippen molar-refractivity contribution in [3.63, 3.8) is 0 Å². The first kappa shape index (κ1) is 80.1. The number of aromatic hydroxyl groups is 3. The summed E-state index contributed by atoms with van der Waals surface area (Å²) in [5, 5.41) is 153. The number of ether oxygens (including phenoxy) is 8. The molecule has 588 valence electrons. The summed E-state index contributed by atoms with van der Waals surface area (Å²) >= 11 is 0. The quantitative estimate of drug-likeness (QED) is 0.0522. The molecular weight excluding hydrogens is 1440 g/mol. The molecule has 8 aliphatic rings. The number of nitrogens with two attached hydrogens (primary N) is 2. The molecule has 5 aromatic rings. The fourth-order valence-corrected chi connectivity index (χ4v) is 13.8. The smallest absolute Gasteiger partial charge is 0.330 e. The van der Waals surface area contributed by atoms with Crippen LogP contribution in [-0.2, 0) is 62.0 Å². The number of carbonyl (C=O) groups excluding carboxylic acids is 7. The van der Waals surface area contributed by atoms with Gasteiger partial charge in [-0.25, -0.2) is 4.79 Å². The van der Waals surface area contributed by atoms with E-state index in [0.717, 1.165) is 42.5 Å². The number of aliphatic carboxylic acids is 1. The predicted octanol–water partition coefficient (Wildman–Crippen LogP) is -2.35. The lowest BCUT2D eigenvalue weighted by molar-refractivity contribution is -0.354. The summed E-state index contributed by atoms with van der Waals surface area (Å²) in [5.74, 6) is -15.4. The van der Waals surface area contributed by atoms with Crippen LogP contribution in [0.4, 0.5) is 0 Å². The molecule has 8 heterocycles. The molecule has 0 saturated carbocycles. The van der Waals surface area contributed by atoms with Crippen LogP contribution in [0.2, 0.25) is 0 Å². The Hall–Kier alpha value is -9.94. The number of likely N-dealkylation sites (N-methyl/N-ethyl adjacent to an activating group) is 1. The van der Waals surface area contributed by atoms with Gasteiger partial charge in [0.15, 0.2) is 36.2 Å². The van der Waals surface area contributed by atoms with Crippen LogP contribution in [0.1, 0.15) is 112 Å². The molecule has 7 amide bonds. The lowest BCUT2D eigenvalue weighted by atomic mass is 9.86. The average Bonchev–Trinajstić information content (AvgIpc) is 0.768. The number of nitrogens with one attached hydrogen (secondary N) is 7. The molecule has 15 unspecified atom stereocenters. The number of amides is 7. The molecule has 23 atom stereocenters. The molecule has 0 spiro atoms. The number of carboxylic acid groups (broad SMARTS) is 1. The van der Waals surface area contributed by atoms with Crippen LogP contribution >= 0.6 is 0 Å². The minimum atomic E-state index is -2.35. The van der Waals surface area contributed by atoms with Crippen LogP contribution in [-0.4, -0.2) is 232 Å². The number of hydrogen-bond acceptors (Lipinski definition) is 29.